The van der Waals surface area contributed by atoms with Crippen LogP contribution in [0.25, 0.3) is 0 Å². The molecular weight excluding hydrogens is 465 g/mol. The molecule has 1 N–H and O–H groups in total. The minimum Gasteiger partial charge on any atom is -0.475 e. The lowest BCUT2D eigenvalue weighted by Gasteiger charge is -2.29. The first-order chi connectivity index (χ1) is 15.9. The Bertz CT molecular complexity index is 1040. The van der Waals surface area contributed by atoms with Crippen molar-refractivity contribution < 1.29 is 41.1 Å². The van der Waals surface area contributed by atoms with Crippen molar-refractivity contribution in [2.24, 2.45) is 5.92 Å². The number of likely N-dealkylation sites (tertiary alicyclic amines) is 1. The first-order valence-corrected chi connectivity index (χ1v) is 10.7. The van der Waals surface area contributed by atoms with Crippen LogP contribution < -0.4 is 0 Å². The maximum atomic E-state index is 13.9. The summed E-state index contributed by atoms with van der Waals surface area (Å²) in [5, 5.41) is 7.12. The average molecular weight is 489 g/mol. The number of halogens is 5. The monoisotopic (exact) mass is 489 g/mol. The summed E-state index contributed by atoms with van der Waals surface area (Å²) in [6.07, 6.45) is -2.35. The molecule has 1 aromatic heterocycles. The van der Waals surface area contributed by atoms with Crippen molar-refractivity contribution >= 4 is 11.9 Å². The SMILES string of the molecule is CC1CCCN(C(=O)c2nc3c(o2)CCN(Cc2cc(F)ccc2F)C3)C1.O=C(O)C(F)(F)F. The highest BCUT2D eigenvalue weighted by atomic mass is 19.4. The molecule has 34 heavy (non-hydrogen) atoms. The highest BCUT2D eigenvalue weighted by Crippen LogP contribution is 2.24. The van der Waals surface area contributed by atoms with Gasteiger partial charge in [-0.3, -0.25) is 9.69 Å². The highest BCUT2D eigenvalue weighted by Gasteiger charge is 2.38. The number of amides is 1. The van der Waals surface area contributed by atoms with Crippen molar-refractivity contribution in [3.63, 3.8) is 0 Å². The van der Waals surface area contributed by atoms with E-state index in [0.717, 1.165) is 43.8 Å². The number of carboxylic acids is 1. The zero-order chi connectivity index (χ0) is 25.0. The number of oxazole rings is 1. The molecule has 7 nitrogen and oxygen atoms in total. The van der Waals surface area contributed by atoms with Crippen molar-refractivity contribution in [3.05, 3.63) is 52.7 Å². The van der Waals surface area contributed by atoms with Gasteiger partial charge in [0.05, 0.1) is 5.69 Å². The van der Waals surface area contributed by atoms with Crippen LogP contribution in [-0.2, 0) is 24.3 Å². The van der Waals surface area contributed by atoms with E-state index < -0.39 is 23.8 Å². The third-order valence-corrected chi connectivity index (χ3v) is 5.58. The van der Waals surface area contributed by atoms with Gasteiger partial charge in [0, 0.05) is 44.7 Å². The van der Waals surface area contributed by atoms with E-state index >= 15 is 0 Å². The number of benzene rings is 1. The molecule has 0 saturated carbocycles. The van der Waals surface area contributed by atoms with Crippen molar-refractivity contribution in [2.45, 2.75) is 45.5 Å². The molecular formula is C22H24F5N3O4. The van der Waals surface area contributed by atoms with Gasteiger partial charge in [-0.25, -0.2) is 18.6 Å². The lowest BCUT2D eigenvalue weighted by Crippen LogP contribution is -2.39. The van der Waals surface area contributed by atoms with E-state index in [9.17, 15) is 26.7 Å². The zero-order valence-corrected chi connectivity index (χ0v) is 18.4. The van der Waals surface area contributed by atoms with Crippen LogP contribution in [0.1, 0.15) is 47.5 Å². The second-order valence-electron chi connectivity index (χ2n) is 8.39. The molecule has 1 amide bonds. The third kappa shape index (κ3) is 6.52. The number of alkyl halides is 3. The number of rotatable bonds is 3. The Morgan fingerprint density at radius 2 is 1.94 bits per heavy atom. The Morgan fingerprint density at radius 1 is 1.24 bits per heavy atom. The minimum absolute atomic E-state index is 0.146. The molecule has 3 heterocycles. The van der Waals surface area contributed by atoms with Gasteiger partial charge in [0.2, 0.25) is 0 Å². The van der Waals surface area contributed by atoms with Gasteiger partial charge >= 0.3 is 18.1 Å². The van der Waals surface area contributed by atoms with Crippen LogP contribution in [0.3, 0.4) is 0 Å². The summed E-state index contributed by atoms with van der Waals surface area (Å²) in [4.78, 5) is 29.8. The first-order valence-electron chi connectivity index (χ1n) is 10.7. The number of carboxylic acid groups (broad SMARTS) is 1. The number of fused-ring (bicyclic) bond motifs is 1. The second-order valence-corrected chi connectivity index (χ2v) is 8.39. The van der Waals surface area contributed by atoms with E-state index in [1.807, 2.05) is 9.80 Å². The van der Waals surface area contributed by atoms with Gasteiger partial charge in [-0.15, -0.1) is 0 Å². The van der Waals surface area contributed by atoms with Gasteiger partial charge in [-0.1, -0.05) is 6.92 Å². The number of piperidine rings is 1. The summed E-state index contributed by atoms with van der Waals surface area (Å²) in [6, 6.07) is 3.48. The number of aliphatic carboxylic acids is 1. The Hall–Kier alpha value is -3.02. The van der Waals surface area contributed by atoms with Crippen molar-refractivity contribution in [2.75, 3.05) is 19.6 Å². The molecule has 1 unspecified atom stereocenters. The van der Waals surface area contributed by atoms with Crippen LogP contribution in [0.2, 0.25) is 0 Å². The summed E-state index contributed by atoms with van der Waals surface area (Å²) < 4.78 is 64.7. The largest absolute Gasteiger partial charge is 0.490 e. The number of carbonyl (C=O) groups is 2. The normalized spacial score (nSPS) is 18.6. The topological polar surface area (TPSA) is 86.9 Å². The third-order valence-electron chi connectivity index (χ3n) is 5.58. The fourth-order valence-electron chi connectivity index (χ4n) is 3.89. The molecule has 0 bridgehead atoms. The minimum atomic E-state index is -5.08. The fraction of sp³-hybridized carbons (Fsp3) is 0.500. The Kier molecular flexibility index (Phi) is 7.90. The van der Waals surface area contributed by atoms with Crippen molar-refractivity contribution in [3.8, 4) is 0 Å². The van der Waals surface area contributed by atoms with Gasteiger partial charge in [0.25, 0.3) is 5.89 Å². The van der Waals surface area contributed by atoms with Gasteiger partial charge in [-0.05, 0) is 37.0 Å². The number of nitrogens with zero attached hydrogens (tertiary/aromatic N) is 3. The van der Waals surface area contributed by atoms with E-state index in [1.54, 1.807) is 0 Å². The second kappa shape index (κ2) is 10.5. The number of hydrogen-bond acceptors (Lipinski definition) is 5. The Balaban J connectivity index is 0.000000406. The lowest BCUT2D eigenvalue weighted by molar-refractivity contribution is -0.192. The average Bonchev–Trinajstić information content (AvgIpc) is 3.19. The lowest BCUT2D eigenvalue weighted by atomic mass is 10.0. The fourth-order valence-corrected chi connectivity index (χ4v) is 3.89. The molecule has 2 aliphatic rings. The van der Waals surface area contributed by atoms with E-state index in [-0.39, 0.29) is 11.8 Å². The van der Waals surface area contributed by atoms with Crippen LogP contribution in [0.4, 0.5) is 22.0 Å². The molecule has 1 saturated heterocycles. The molecule has 1 aromatic carbocycles. The smallest absolute Gasteiger partial charge is 0.475 e. The summed E-state index contributed by atoms with van der Waals surface area (Å²) in [6.45, 7) is 5.01. The standard InChI is InChI=1S/C20H23F2N3O2.C2HF3O2/c1-13-3-2-7-25(10-13)20(26)19-23-17-12-24(8-6-18(17)27-19)11-14-9-15(21)4-5-16(14)22;3-2(4,5)1(6)7/h4-5,9,13H,2-3,6-8,10-12H2,1H3;(H,6,7). The molecule has 2 aliphatic heterocycles. The molecule has 4 rings (SSSR count). The van der Waals surface area contributed by atoms with Gasteiger partial charge < -0.3 is 14.4 Å². The maximum Gasteiger partial charge on any atom is 0.490 e. The van der Waals surface area contributed by atoms with Crippen LogP contribution >= 0.6 is 0 Å². The summed E-state index contributed by atoms with van der Waals surface area (Å²) in [7, 11) is 0. The predicted molar refractivity (Wildman–Crippen MR) is 109 cm³/mol. The van der Waals surface area contributed by atoms with Gasteiger partial charge in [-0.2, -0.15) is 13.2 Å². The highest BCUT2D eigenvalue weighted by molar-refractivity contribution is 5.89. The molecule has 0 radical (unpaired) electrons. The Labute approximate surface area is 192 Å². The van der Waals surface area contributed by atoms with E-state index in [2.05, 4.69) is 11.9 Å². The molecule has 2 aromatic rings. The van der Waals surface area contributed by atoms with E-state index in [4.69, 9.17) is 14.3 Å². The number of aromatic nitrogens is 1. The van der Waals surface area contributed by atoms with Crippen LogP contribution in [0, 0.1) is 17.6 Å². The maximum absolute atomic E-state index is 13.9. The Morgan fingerprint density at radius 3 is 2.59 bits per heavy atom. The summed E-state index contributed by atoms with van der Waals surface area (Å²) in [5.41, 5.74) is 1.03. The molecule has 0 aliphatic carbocycles. The van der Waals surface area contributed by atoms with Gasteiger partial charge in [0.15, 0.2) is 0 Å². The van der Waals surface area contributed by atoms with Crippen LogP contribution in [0.15, 0.2) is 22.6 Å². The van der Waals surface area contributed by atoms with Crippen molar-refractivity contribution in [1.29, 1.82) is 0 Å². The predicted octanol–water partition coefficient (Wildman–Crippen LogP) is 4.02. The van der Waals surface area contributed by atoms with Crippen molar-refractivity contribution in [1.82, 2.24) is 14.8 Å². The molecule has 186 valence electrons. The van der Waals surface area contributed by atoms with Gasteiger partial charge in [0.1, 0.15) is 17.4 Å². The van der Waals surface area contributed by atoms with E-state index in [1.165, 1.54) is 6.07 Å². The molecule has 1 atom stereocenters. The van der Waals surface area contributed by atoms with E-state index in [0.29, 0.717) is 43.2 Å². The first kappa shape index (κ1) is 25.6. The number of carbonyl (C=O) groups excluding carboxylic acids is 1. The summed E-state index contributed by atoms with van der Waals surface area (Å²) >= 11 is 0. The summed E-state index contributed by atoms with van der Waals surface area (Å²) in [5.74, 6) is -2.42. The van der Waals surface area contributed by atoms with Crippen LogP contribution in [-0.4, -0.2) is 57.6 Å². The zero-order valence-electron chi connectivity index (χ0n) is 18.4. The van der Waals surface area contributed by atoms with Crippen LogP contribution in [0.5, 0.6) is 0 Å². The quantitative estimate of drug-likeness (QED) is 0.656. The molecule has 1 fully saturated rings. The number of hydrogen-bond donors (Lipinski definition) is 1. The molecule has 0 spiro atoms. The molecule has 12 heteroatoms.